The number of fused-ring (bicyclic) bond motifs is 1. The first-order valence-corrected chi connectivity index (χ1v) is 5.84. The maximum atomic E-state index is 11.5. The van der Waals surface area contributed by atoms with Crippen LogP contribution in [0.1, 0.15) is 18.4 Å². The van der Waals surface area contributed by atoms with Gasteiger partial charge in [-0.1, -0.05) is 0 Å². The SMILES string of the molecule is CCn1c(O)c(C=C2C=Nc3cccnc32)oc1=O. The summed E-state index contributed by atoms with van der Waals surface area (Å²) in [5.41, 5.74) is 2.15. The predicted molar refractivity (Wildman–Crippen MR) is 70.6 cm³/mol. The lowest BCUT2D eigenvalue weighted by Gasteiger charge is -1.97. The third-order valence-corrected chi connectivity index (χ3v) is 2.90. The van der Waals surface area contributed by atoms with Crippen LogP contribution in [0, 0.1) is 0 Å². The fourth-order valence-electron chi connectivity index (χ4n) is 1.96. The zero-order chi connectivity index (χ0) is 13.4. The molecule has 6 nitrogen and oxygen atoms in total. The monoisotopic (exact) mass is 257 g/mol. The quantitative estimate of drug-likeness (QED) is 0.889. The van der Waals surface area contributed by atoms with E-state index in [1.807, 2.05) is 6.07 Å². The highest BCUT2D eigenvalue weighted by Gasteiger charge is 2.17. The average Bonchev–Trinajstić information content (AvgIpc) is 2.93. The van der Waals surface area contributed by atoms with Crippen molar-refractivity contribution < 1.29 is 9.52 Å². The van der Waals surface area contributed by atoms with Crippen LogP contribution in [0.25, 0.3) is 11.6 Å². The molecule has 1 N–H and O–H groups in total. The van der Waals surface area contributed by atoms with Crippen LogP contribution in [0.15, 0.2) is 32.5 Å². The number of aliphatic imine (C=N–C) groups is 1. The highest BCUT2D eigenvalue weighted by molar-refractivity contribution is 6.20. The fourth-order valence-corrected chi connectivity index (χ4v) is 1.96. The van der Waals surface area contributed by atoms with Gasteiger partial charge in [0, 0.05) is 24.5 Å². The van der Waals surface area contributed by atoms with Gasteiger partial charge < -0.3 is 9.52 Å². The minimum atomic E-state index is -0.581. The second kappa shape index (κ2) is 4.24. The van der Waals surface area contributed by atoms with Gasteiger partial charge in [-0.25, -0.2) is 9.36 Å². The maximum absolute atomic E-state index is 11.5. The molecule has 0 unspecified atom stereocenters. The molecule has 0 aromatic carbocycles. The van der Waals surface area contributed by atoms with Gasteiger partial charge in [0.15, 0.2) is 5.76 Å². The number of allylic oxidation sites excluding steroid dienone is 1. The molecule has 0 aliphatic carbocycles. The Morgan fingerprint density at radius 3 is 3.11 bits per heavy atom. The summed E-state index contributed by atoms with van der Waals surface area (Å²) in [6.07, 6.45) is 4.85. The Balaban J connectivity index is 2.10. The minimum Gasteiger partial charge on any atom is -0.492 e. The largest absolute Gasteiger partial charge is 0.492 e. The second-order valence-corrected chi connectivity index (χ2v) is 4.03. The lowest BCUT2D eigenvalue weighted by atomic mass is 10.1. The highest BCUT2D eigenvalue weighted by atomic mass is 16.4. The molecule has 1 aliphatic heterocycles. The van der Waals surface area contributed by atoms with E-state index in [1.54, 1.807) is 31.5 Å². The molecule has 6 heteroatoms. The third kappa shape index (κ3) is 1.77. The van der Waals surface area contributed by atoms with Gasteiger partial charge in [-0.15, -0.1) is 0 Å². The van der Waals surface area contributed by atoms with Gasteiger partial charge in [-0.2, -0.15) is 0 Å². The Hall–Kier alpha value is -2.63. The van der Waals surface area contributed by atoms with Crippen molar-refractivity contribution in [2.75, 3.05) is 0 Å². The van der Waals surface area contributed by atoms with Gasteiger partial charge in [0.25, 0.3) is 0 Å². The van der Waals surface area contributed by atoms with Crippen LogP contribution in [0.5, 0.6) is 5.88 Å². The van der Waals surface area contributed by atoms with Gasteiger partial charge in [0.1, 0.15) is 0 Å². The van der Waals surface area contributed by atoms with E-state index in [0.717, 1.165) is 10.3 Å². The van der Waals surface area contributed by atoms with Crippen molar-refractivity contribution in [1.29, 1.82) is 0 Å². The van der Waals surface area contributed by atoms with Gasteiger partial charge in [0.05, 0.1) is 11.4 Å². The number of oxazole rings is 1. The molecule has 0 amide bonds. The molecule has 0 radical (unpaired) electrons. The van der Waals surface area contributed by atoms with Crippen molar-refractivity contribution in [3.8, 4) is 5.88 Å². The van der Waals surface area contributed by atoms with Crippen molar-refractivity contribution in [3.05, 3.63) is 40.3 Å². The van der Waals surface area contributed by atoms with E-state index >= 15 is 0 Å². The molecule has 3 rings (SSSR count). The van der Waals surface area contributed by atoms with Gasteiger partial charge in [-0.3, -0.25) is 9.98 Å². The number of rotatable bonds is 2. The number of aromatic nitrogens is 2. The fraction of sp³-hybridized carbons (Fsp3) is 0.154. The lowest BCUT2D eigenvalue weighted by molar-refractivity contribution is 0.417. The van der Waals surface area contributed by atoms with Crippen LogP contribution in [0.2, 0.25) is 0 Å². The van der Waals surface area contributed by atoms with Crippen molar-refractivity contribution in [2.45, 2.75) is 13.5 Å². The van der Waals surface area contributed by atoms with Crippen LogP contribution in [0.3, 0.4) is 0 Å². The Labute approximate surface area is 108 Å². The van der Waals surface area contributed by atoms with E-state index in [0.29, 0.717) is 17.8 Å². The van der Waals surface area contributed by atoms with Crippen molar-refractivity contribution in [3.63, 3.8) is 0 Å². The number of nitrogens with zero attached hydrogens (tertiary/aromatic N) is 3. The molecule has 0 fully saturated rings. The first-order valence-electron chi connectivity index (χ1n) is 5.84. The average molecular weight is 257 g/mol. The summed E-state index contributed by atoms with van der Waals surface area (Å²) < 4.78 is 6.16. The van der Waals surface area contributed by atoms with E-state index < -0.39 is 5.76 Å². The van der Waals surface area contributed by atoms with Crippen LogP contribution < -0.4 is 5.76 Å². The van der Waals surface area contributed by atoms with Crippen LogP contribution in [-0.4, -0.2) is 20.9 Å². The smallest absolute Gasteiger partial charge is 0.422 e. The molecule has 1 aliphatic rings. The molecule has 0 spiro atoms. The first-order chi connectivity index (χ1) is 9.20. The molecule has 0 saturated heterocycles. The van der Waals surface area contributed by atoms with Crippen molar-refractivity contribution in [2.24, 2.45) is 4.99 Å². The maximum Gasteiger partial charge on any atom is 0.422 e. The van der Waals surface area contributed by atoms with E-state index in [9.17, 15) is 9.90 Å². The summed E-state index contributed by atoms with van der Waals surface area (Å²) in [6.45, 7) is 2.10. The van der Waals surface area contributed by atoms with Gasteiger partial charge >= 0.3 is 5.76 Å². The number of hydrogen-bond acceptors (Lipinski definition) is 5. The van der Waals surface area contributed by atoms with Gasteiger partial charge in [0.2, 0.25) is 5.88 Å². The molecule has 0 saturated carbocycles. The van der Waals surface area contributed by atoms with Crippen LogP contribution >= 0.6 is 0 Å². The molecule has 96 valence electrons. The standard InChI is InChI=1S/C13H11N3O3/c1-2-16-12(17)10(19-13(16)18)6-8-7-15-9-4-3-5-14-11(8)9/h3-7,17H,2H2,1H3. The molecule has 0 atom stereocenters. The zero-order valence-electron chi connectivity index (χ0n) is 10.2. The number of pyridine rings is 1. The van der Waals surface area contributed by atoms with E-state index in [-0.39, 0.29) is 11.6 Å². The summed E-state index contributed by atoms with van der Waals surface area (Å²) in [5.74, 6) is -0.646. The summed E-state index contributed by atoms with van der Waals surface area (Å²) in [4.78, 5) is 19.9. The summed E-state index contributed by atoms with van der Waals surface area (Å²) in [5, 5.41) is 9.88. The van der Waals surface area contributed by atoms with Gasteiger partial charge in [-0.05, 0) is 25.1 Å². The van der Waals surface area contributed by atoms with Crippen LogP contribution in [-0.2, 0) is 6.54 Å². The predicted octanol–water partition coefficient (Wildman–Crippen LogP) is 1.82. The van der Waals surface area contributed by atoms with Crippen molar-refractivity contribution >= 4 is 23.6 Å². The first kappa shape index (κ1) is 11.5. The highest BCUT2D eigenvalue weighted by Crippen LogP contribution is 2.31. The zero-order valence-corrected chi connectivity index (χ0v) is 10.2. The van der Waals surface area contributed by atoms with Crippen molar-refractivity contribution in [1.82, 2.24) is 9.55 Å². The molecular formula is C13H11N3O3. The minimum absolute atomic E-state index is 0.117. The van der Waals surface area contributed by atoms with E-state index in [4.69, 9.17) is 4.42 Å². The molecule has 2 aromatic rings. The normalized spacial score (nSPS) is 15.1. The Morgan fingerprint density at radius 2 is 2.37 bits per heavy atom. The number of aromatic hydroxyl groups is 1. The Morgan fingerprint density at radius 1 is 1.53 bits per heavy atom. The summed E-state index contributed by atoms with van der Waals surface area (Å²) >= 11 is 0. The lowest BCUT2D eigenvalue weighted by Crippen LogP contribution is -2.11. The molecule has 3 heterocycles. The number of hydrogen-bond donors (Lipinski definition) is 1. The summed E-state index contributed by atoms with van der Waals surface area (Å²) in [6, 6.07) is 3.64. The molecule has 2 aromatic heterocycles. The third-order valence-electron chi connectivity index (χ3n) is 2.90. The molecular weight excluding hydrogens is 246 g/mol. The van der Waals surface area contributed by atoms with Crippen LogP contribution in [0.4, 0.5) is 5.69 Å². The second-order valence-electron chi connectivity index (χ2n) is 4.03. The molecule has 0 bridgehead atoms. The van der Waals surface area contributed by atoms with E-state index in [2.05, 4.69) is 9.98 Å². The van der Waals surface area contributed by atoms with E-state index in [1.165, 1.54) is 0 Å². The Bertz CT molecular complexity index is 753. The topological polar surface area (TPSA) is 80.6 Å². The Kier molecular flexibility index (Phi) is 2.56. The summed E-state index contributed by atoms with van der Waals surface area (Å²) in [7, 11) is 0. The molecule has 19 heavy (non-hydrogen) atoms.